The van der Waals surface area contributed by atoms with Crippen LogP contribution in [0.4, 0.5) is 0 Å². The molecule has 2 aromatic carbocycles. The van der Waals surface area contributed by atoms with E-state index in [1.807, 2.05) is 0 Å². The molecular weight excluding hydrogens is 425 g/mol. The van der Waals surface area contributed by atoms with Crippen LogP contribution < -0.4 is 10.9 Å². The summed E-state index contributed by atoms with van der Waals surface area (Å²) in [6.07, 6.45) is 0. The average molecular weight is 444 g/mol. The van der Waals surface area contributed by atoms with Gasteiger partial charge in [0.05, 0.1) is 15.5 Å². The van der Waals surface area contributed by atoms with E-state index in [4.69, 9.17) is 23.2 Å². The Hall–Kier alpha value is -2.13. The molecule has 0 saturated carbocycles. The van der Waals surface area contributed by atoms with Crippen molar-refractivity contribution >= 4 is 45.0 Å². The monoisotopic (exact) mass is 443 g/mol. The summed E-state index contributed by atoms with van der Waals surface area (Å²) in [6, 6.07) is 9.91. The number of nitrogens with one attached hydrogen (secondary N) is 2. The molecule has 2 N–H and O–H groups in total. The van der Waals surface area contributed by atoms with Gasteiger partial charge in [0.15, 0.2) is 0 Å². The third-order valence-corrected chi connectivity index (χ3v) is 6.55. The van der Waals surface area contributed by atoms with Crippen LogP contribution in [0.5, 0.6) is 0 Å². The third kappa shape index (κ3) is 5.02. The van der Waals surface area contributed by atoms with Crippen molar-refractivity contribution in [2.24, 2.45) is 0 Å². The van der Waals surface area contributed by atoms with E-state index in [1.165, 1.54) is 46.8 Å². The number of carbonyl (C=O) groups is 2. The highest BCUT2D eigenvalue weighted by Gasteiger charge is 2.24. The molecule has 2 aromatic rings. The number of hydrogen-bond acceptors (Lipinski definition) is 4. The fourth-order valence-electron chi connectivity index (χ4n) is 2.41. The largest absolute Gasteiger partial charge is 0.271 e. The molecule has 10 heteroatoms. The first kappa shape index (κ1) is 22.2. The van der Waals surface area contributed by atoms with Crippen molar-refractivity contribution in [2.45, 2.75) is 18.7 Å². The second-order valence-corrected chi connectivity index (χ2v) is 8.43. The second-order valence-electron chi connectivity index (χ2n) is 5.65. The van der Waals surface area contributed by atoms with Crippen molar-refractivity contribution in [3.63, 3.8) is 0 Å². The molecule has 0 aliphatic carbocycles. The summed E-state index contributed by atoms with van der Waals surface area (Å²) >= 11 is 11.8. The maximum atomic E-state index is 12.6. The fraction of sp³-hybridized carbons (Fsp3) is 0.222. The van der Waals surface area contributed by atoms with Crippen LogP contribution in [0, 0.1) is 0 Å². The molecule has 28 heavy (non-hydrogen) atoms. The van der Waals surface area contributed by atoms with Gasteiger partial charge in [0.25, 0.3) is 11.8 Å². The minimum absolute atomic E-state index is 0.0525. The van der Waals surface area contributed by atoms with E-state index in [0.717, 1.165) is 0 Å². The zero-order chi connectivity index (χ0) is 20.9. The lowest BCUT2D eigenvalue weighted by Crippen LogP contribution is -2.41. The van der Waals surface area contributed by atoms with Crippen LogP contribution in [0.25, 0.3) is 0 Å². The van der Waals surface area contributed by atoms with Crippen LogP contribution in [0.1, 0.15) is 34.6 Å². The van der Waals surface area contributed by atoms with E-state index in [1.54, 1.807) is 13.8 Å². The van der Waals surface area contributed by atoms with Gasteiger partial charge in [-0.15, -0.1) is 0 Å². The summed E-state index contributed by atoms with van der Waals surface area (Å²) < 4.78 is 26.5. The molecule has 0 spiro atoms. The summed E-state index contributed by atoms with van der Waals surface area (Å²) in [5, 5.41) is 0.523. The normalized spacial score (nSPS) is 11.3. The van der Waals surface area contributed by atoms with Gasteiger partial charge in [-0.05, 0) is 42.5 Å². The highest BCUT2D eigenvalue weighted by Crippen LogP contribution is 2.23. The van der Waals surface area contributed by atoms with Crippen LogP contribution >= 0.6 is 23.2 Å². The van der Waals surface area contributed by atoms with Crippen LogP contribution in [0.3, 0.4) is 0 Å². The molecule has 0 fully saturated rings. The molecule has 2 rings (SSSR count). The van der Waals surface area contributed by atoms with Crippen molar-refractivity contribution in [2.75, 3.05) is 13.1 Å². The molecule has 0 saturated heterocycles. The molecular formula is C18H19Cl2N3O4S. The maximum Gasteiger partial charge on any atom is 0.271 e. The van der Waals surface area contributed by atoms with E-state index in [2.05, 4.69) is 10.9 Å². The molecule has 0 aliphatic rings. The molecule has 7 nitrogen and oxygen atoms in total. The lowest BCUT2D eigenvalue weighted by molar-refractivity contribution is 0.0846. The predicted octanol–water partition coefficient (Wildman–Crippen LogP) is 3.10. The molecule has 0 bridgehead atoms. The highest BCUT2D eigenvalue weighted by atomic mass is 35.5. The summed E-state index contributed by atoms with van der Waals surface area (Å²) in [6.45, 7) is 4.02. The van der Waals surface area contributed by atoms with Gasteiger partial charge in [-0.1, -0.05) is 37.0 Å². The molecule has 0 radical (unpaired) electrons. The molecule has 150 valence electrons. The minimum Gasteiger partial charge on any atom is -0.267 e. The minimum atomic E-state index is -3.76. The van der Waals surface area contributed by atoms with Gasteiger partial charge < -0.3 is 0 Å². The first-order chi connectivity index (χ1) is 13.2. The standard InChI is InChI=1S/C18H19Cl2N3O4S/c1-3-23(4-2)28(26,27)14-9-10-16(20)15(11-14)18(25)22-21-17(24)12-5-7-13(19)8-6-12/h5-11H,3-4H2,1-2H3,(H,21,24)(H,22,25). The Morgan fingerprint density at radius 3 is 2.07 bits per heavy atom. The molecule has 0 unspecified atom stereocenters. The number of sulfonamides is 1. The van der Waals surface area contributed by atoms with Crippen molar-refractivity contribution in [1.29, 1.82) is 0 Å². The van der Waals surface area contributed by atoms with Gasteiger partial charge in [0, 0.05) is 23.7 Å². The topological polar surface area (TPSA) is 95.6 Å². The molecule has 0 heterocycles. The van der Waals surface area contributed by atoms with E-state index >= 15 is 0 Å². The van der Waals surface area contributed by atoms with Gasteiger partial charge in [-0.25, -0.2) is 8.42 Å². The number of amides is 2. The maximum absolute atomic E-state index is 12.6. The summed E-state index contributed by atoms with van der Waals surface area (Å²) in [5.74, 6) is -1.31. The first-order valence-corrected chi connectivity index (χ1v) is 10.6. The van der Waals surface area contributed by atoms with Crippen molar-refractivity contribution in [3.8, 4) is 0 Å². The number of rotatable bonds is 6. The Morgan fingerprint density at radius 1 is 0.929 bits per heavy atom. The Labute approximate surface area is 173 Å². The number of halogens is 2. The first-order valence-electron chi connectivity index (χ1n) is 8.36. The number of benzene rings is 2. The van der Waals surface area contributed by atoms with Crippen molar-refractivity contribution < 1.29 is 18.0 Å². The summed E-state index contributed by atoms with van der Waals surface area (Å²) in [4.78, 5) is 24.4. The number of hydrogen-bond donors (Lipinski definition) is 2. The Balaban J connectivity index is 2.19. The van der Waals surface area contributed by atoms with Gasteiger partial charge in [0.1, 0.15) is 0 Å². The fourth-order valence-corrected chi connectivity index (χ4v) is 4.22. The smallest absolute Gasteiger partial charge is 0.267 e. The second kappa shape index (κ2) is 9.38. The molecule has 0 atom stereocenters. The quantitative estimate of drug-likeness (QED) is 0.670. The van der Waals surface area contributed by atoms with Crippen molar-refractivity contribution in [3.05, 3.63) is 63.6 Å². The van der Waals surface area contributed by atoms with Gasteiger partial charge in [-0.2, -0.15) is 4.31 Å². The van der Waals surface area contributed by atoms with Gasteiger partial charge in [-0.3, -0.25) is 20.4 Å². The average Bonchev–Trinajstić information content (AvgIpc) is 2.67. The van der Waals surface area contributed by atoms with Crippen LogP contribution in [0.15, 0.2) is 47.4 Å². The van der Waals surface area contributed by atoms with E-state index < -0.39 is 21.8 Å². The van der Waals surface area contributed by atoms with E-state index in [-0.39, 0.29) is 21.0 Å². The lowest BCUT2D eigenvalue weighted by Gasteiger charge is -2.19. The SMILES string of the molecule is CCN(CC)S(=O)(=O)c1ccc(Cl)c(C(=O)NNC(=O)c2ccc(Cl)cc2)c1. The molecule has 2 amide bonds. The Kier molecular flexibility index (Phi) is 7.42. The van der Waals surface area contributed by atoms with Gasteiger partial charge in [0.2, 0.25) is 10.0 Å². The number of nitrogens with zero attached hydrogens (tertiary/aromatic N) is 1. The zero-order valence-corrected chi connectivity index (χ0v) is 17.5. The lowest BCUT2D eigenvalue weighted by atomic mass is 10.2. The third-order valence-electron chi connectivity index (χ3n) is 3.92. The van der Waals surface area contributed by atoms with Crippen LogP contribution in [-0.4, -0.2) is 37.6 Å². The molecule has 0 aromatic heterocycles. The number of hydrazine groups is 1. The van der Waals surface area contributed by atoms with Crippen molar-refractivity contribution in [1.82, 2.24) is 15.2 Å². The van der Waals surface area contributed by atoms with Gasteiger partial charge >= 0.3 is 0 Å². The Bertz CT molecular complexity index is 975. The predicted molar refractivity (Wildman–Crippen MR) is 108 cm³/mol. The Morgan fingerprint density at radius 2 is 1.50 bits per heavy atom. The van der Waals surface area contributed by atoms with Crippen LogP contribution in [0.2, 0.25) is 10.0 Å². The van der Waals surface area contributed by atoms with E-state index in [9.17, 15) is 18.0 Å². The van der Waals surface area contributed by atoms with Crippen LogP contribution in [-0.2, 0) is 10.0 Å². The molecule has 0 aliphatic heterocycles. The summed E-state index contributed by atoms with van der Waals surface area (Å²) in [7, 11) is -3.76. The highest BCUT2D eigenvalue weighted by molar-refractivity contribution is 7.89. The number of carbonyl (C=O) groups excluding carboxylic acids is 2. The summed E-state index contributed by atoms with van der Waals surface area (Å²) in [5.41, 5.74) is 4.68. The zero-order valence-electron chi connectivity index (χ0n) is 15.2. The van der Waals surface area contributed by atoms with E-state index in [0.29, 0.717) is 18.1 Å².